The van der Waals surface area contributed by atoms with E-state index in [9.17, 15) is 4.79 Å². The fourth-order valence-corrected chi connectivity index (χ4v) is 2.49. The first kappa shape index (κ1) is 15.4. The maximum absolute atomic E-state index is 12.1. The van der Waals surface area contributed by atoms with Crippen LogP contribution in [0.3, 0.4) is 0 Å². The molecular formula is C15H21N7O. The molecule has 3 rings (SSSR count). The standard InChI is InChI=1S/C15H21N7O/c1-15(2,3)11-5-6-12(21-20-11)19-14(23)18-10-4-7-13-16-9-17-22(13)8-10/h5-6,9-10H,4,7-8H2,1-3H3,(H2,18,19,21,23). The number of rotatable bonds is 2. The molecule has 2 amide bonds. The van der Waals surface area contributed by atoms with Crippen LogP contribution in [0.5, 0.6) is 0 Å². The van der Waals surface area contributed by atoms with Gasteiger partial charge in [-0.15, -0.1) is 5.10 Å². The van der Waals surface area contributed by atoms with Crippen molar-refractivity contribution in [3.8, 4) is 0 Å². The van der Waals surface area contributed by atoms with Crippen LogP contribution in [0.25, 0.3) is 0 Å². The Bertz CT molecular complexity index is 687. The summed E-state index contributed by atoms with van der Waals surface area (Å²) < 4.78 is 1.83. The SMILES string of the molecule is CC(C)(C)c1ccc(NC(=O)NC2CCc3ncnn3C2)nn1. The van der Waals surface area contributed by atoms with E-state index in [0.717, 1.165) is 24.4 Å². The molecule has 2 N–H and O–H groups in total. The van der Waals surface area contributed by atoms with Gasteiger partial charge in [0.25, 0.3) is 0 Å². The quantitative estimate of drug-likeness (QED) is 0.875. The van der Waals surface area contributed by atoms with E-state index in [1.54, 1.807) is 12.4 Å². The zero-order valence-corrected chi connectivity index (χ0v) is 13.6. The minimum atomic E-state index is -0.281. The summed E-state index contributed by atoms with van der Waals surface area (Å²) in [6.45, 7) is 6.84. The highest BCUT2D eigenvalue weighted by atomic mass is 16.2. The molecule has 2 aromatic heterocycles. The van der Waals surface area contributed by atoms with Gasteiger partial charge in [0.1, 0.15) is 12.2 Å². The molecule has 3 heterocycles. The molecule has 8 nitrogen and oxygen atoms in total. The predicted octanol–water partition coefficient (Wildman–Crippen LogP) is 1.50. The molecule has 0 aliphatic carbocycles. The first-order chi connectivity index (χ1) is 10.9. The number of fused-ring (bicyclic) bond motifs is 1. The summed E-state index contributed by atoms with van der Waals surface area (Å²) in [6.07, 6.45) is 3.20. The topological polar surface area (TPSA) is 97.6 Å². The van der Waals surface area contributed by atoms with Gasteiger partial charge in [-0.25, -0.2) is 14.5 Å². The largest absolute Gasteiger partial charge is 0.333 e. The van der Waals surface area contributed by atoms with Gasteiger partial charge in [0.05, 0.1) is 18.3 Å². The number of amides is 2. The van der Waals surface area contributed by atoms with Crippen LogP contribution in [0.4, 0.5) is 10.6 Å². The van der Waals surface area contributed by atoms with Gasteiger partial charge in [-0.05, 0) is 18.6 Å². The number of carbonyl (C=O) groups excluding carboxylic acids is 1. The Hall–Kier alpha value is -2.51. The molecule has 1 atom stereocenters. The van der Waals surface area contributed by atoms with Crippen LogP contribution in [0.2, 0.25) is 0 Å². The van der Waals surface area contributed by atoms with Crippen LogP contribution in [-0.4, -0.2) is 37.0 Å². The third-order valence-electron chi connectivity index (χ3n) is 3.82. The average molecular weight is 315 g/mol. The molecule has 0 bridgehead atoms. The van der Waals surface area contributed by atoms with Crippen molar-refractivity contribution in [3.05, 3.63) is 30.0 Å². The molecule has 1 aliphatic heterocycles. The van der Waals surface area contributed by atoms with E-state index in [1.165, 1.54) is 0 Å². The van der Waals surface area contributed by atoms with E-state index in [0.29, 0.717) is 12.4 Å². The number of anilines is 1. The maximum atomic E-state index is 12.1. The summed E-state index contributed by atoms with van der Waals surface area (Å²) >= 11 is 0. The van der Waals surface area contributed by atoms with Crippen molar-refractivity contribution in [1.29, 1.82) is 0 Å². The number of urea groups is 1. The Labute approximate surface area is 134 Å². The van der Waals surface area contributed by atoms with Crippen LogP contribution >= 0.6 is 0 Å². The molecule has 0 aromatic carbocycles. The minimum absolute atomic E-state index is 0.0333. The molecular weight excluding hydrogens is 294 g/mol. The smallest absolute Gasteiger partial charge is 0.320 e. The normalized spacial score (nSPS) is 17.4. The van der Waals surface area contributed by atoms with Gasteiger partial charge in [-0.2, -0.15) is 10.2 Å². The first-order valence-corrected chi connectivity index (χ1v) is 7.70. The van der Waals surface area contributed by atoms with Crippen LogP contribution < -0.4 is 10.6 Å². The highest BCUT2D eigenvalue weighted by molar-refractivity contribution is 5.88. The van der Waals surface area contributed by atoms with Crippen molar-refractivity contribution in [2.45, 2.75) is 51.6 Å². The number of hydrogen-bond acceptors (Lipinski definition) is 5. The first-order valence-electron chi connectivity index (χ1n) is 7.70. The van der Waals surface area contributed by atoms with Crippen LogP contribution in [0, 0.1) is 0 Å². The predicted molar refractivity (Wildman–Crippen MR) is 85.0 cm³/mol. The molecule has 0 fully saturated rings. The number of nitrogens with zero attached hydrogens (tertiary/aromatic N) is 5. The fourth-order valence-electron chi connectivity index (χ4n) is 2.49. The lowest BCUT2D eigenvalue weighted by Gasteiger charge is -2.23. The molecule has 122 valence electrons. The van der Waals surface area contributed by atoms with E-state index in [-0.39, 0.29) is 17.5 Å². The zero-order chi connectivity index (χ0) is 16.4. The second-order valence-electron chi connectivity index (χ2n) is 6.75. The summed E-state index contributed by atoms with van der Waals surface area (Å²) in [5.74, 6) is 1.40. The molecule has 1 aliphatic rings. The van der Waals surface area contributed by atoms with Gasteiger partial charge >= 0.3 is 6.03 Å². The van der Waals surface area contributed by atoms with Gasteiger partial charge < -0.3 is 5.32 Å². The lowest BCUT2D eigenvalue weighted by Crippen LogP contribution is -2.43. The van der Waals surface area contributed by atoms with Gasteiger partial charge in [0, 0.05) is 11.8 Å². The molecule has 2 aromatic rings. The Morgan fingerprint density at radius 3 is 2.83 bits per heavy atom. The maximum Gasteiger partial charge on any atom is 0.320 e. The lowest BCUT2D eigenvalue weighted by atomic mass is 9.92. The van der Waals surface area contributed by atoms with E-state index >= 15 is 0 Å². The average Bonchev–Trinajstić information content (AvgIpc) is 2.94. The van der Waals surface area contributed by atoms with Crippen molar-refractivity contribution in [2.75, 3.05) is 5.32 Å². The van der Waals surface area contributed by atoms with Gasteiger partial charge in [-0.3, -0.25) is 5.32 Å². The summed E-state index contributed by atoms with van der Waals surface area (Å²) in [7, 11) is 0. The van der Waals surface area contributed by atoms with Crippen molar-refractivity contribution in [3.63, 3.8) is 0 Å². The molecule has 8 heteroatoms. The number of nitrogens with one attached hydrogen (secondary N) is 2. The Morgan fingerprint density at radius 1 is 1.30 bits per heavy atom. The van der Waals surface area contributed by atoms with Crippen LogP contribution in [0.1, 0.15) is 38.7 Å². The molecule has 0 spiro atoms. The van der Waals surface area contributed by atoms with Crippen molar-refractivity contribution < 1.29 is 4.79 Å². The van der Waals surface area contributed by atoms with Gasteiger partial charge in [-0.1, -0.05) is 20.8 Å². The Morgan fingerprint density at radius 2 is 2.13 bits per heavy atom. The minimum Gasteiger partial charge on any atom is -0.333 e. The number of carbonyl (C=O) groups is 1. The summed E-state index contributed by atoms with van der Waals surface area (Å²) in [6, 6.07) is 3.40. The van der Waals surface area contributed by atoms with E-state index in [1.807, 2.05) is 10.7 Å². The van der Waals surface area contributed by atoms with E-state index in [2.05, 4.69) is 51.7 Å². The van der Waals surface area contributed by atoms with Gasteiger partial charge in [0.2, 0.25) is 0 Å². The van der Waals surface area contributed by atoms with Crippen molar-refractivity contribution >= 4 is 11.8 Å². The summed E-state index contributed by atoms with van der Waals surface area (Å²) in [5, 5.41) is 18.0. The molecule has 0 saturated carbocycles. The molecule has 0 saturated heterocycles. The van der Waals surface area contributed by atoms with Gasteiger partial charge in [0.15, 0.2) is 5.82 Å². The number of aromatic nitrogens is 5. The van der Waals surface area contributed by atoms with E-state index < -0.39 is 0 Å². The number of hydrogen-bond donors (Lipinski definition) is 2. The molecule has 1 unspecified atom stereocenters. The highest BCUT2D eigenvalue weighted by Gasteiger charge is 2.21. The second-order valence-corrected chi connectivity index (χ2v) is 6.75. The third kappa shape index (κ3) is 3.64. The molecule has 23 heavy (non-hydrogen) atoms. The lowest BCUT2D eigenvalue weighted by molar-refractivity contribution is 0.243. The Kier molecular flexibility index (Phi) is 3.97. The zero-order valence-electron chi connectivity index (χ0n) is 13.6. The molecule has 0 radical (unpaired) electrons. The van der Waals surface area contributed by atoms with Crippen LogP contribution in [0.15, 0.2) is 18.5 Å². The number of aryl methyl sites for hydroxylation is 1. The van der Waals surface area contributed by atoms with Crippen LogP contribution in [-0.2, 0) is 18.4 Å². The summed E-state index contributed by atoms with van der Waals surface area (Å²) in [4.78, 5) is 16.2. The monoisotopic (exact) mass is 315 g/mol. The highest BCUT2D eigenvalue weighted by Crippen LogP contribution is 2.19. The Balaban J connectivity index is 1.56. The third-order valence-corrected chi connectivity index (χ3v) is 3.82. The van der Waals surface area contributed by atoms with Crippen molar-refractivity contribution in [2.24, 2.45) is 0 Å². The summed E-state index contributed by atoms with van der Waals surface area (Å²) in [5.41, 5.74) is 0.820. The van der Waals surface area contributed by atoms with Crippen molar-refractivity contribution in [1.82, 2.24) is 30.3 Å². The fraction of sp³-hybridized carbons (Fsp3) is 0.533. The second kappa shape index (κ2) is 5.94. The van der Waals surface area contributed by atoms with E-state index in [4.69, 9.17) is 0 Å².